The lowest BCUT2D eigenvalue weighted by molar-refractivity contribution is 0.0387. The molecule has 0 spiro atoms. The van der Waals surface area contributed by atoms with E-state index in [0.717, 1.165) is 12.8 Å². The Kier molecular flexibility index (Phi) is 7.52. The Balaban J connectivity index is 3.15. The van der Waals surface area contributed by atoms with E-state index in [1.165, 1.54) is 0 Å². The summed E-state index contributed by atoms with van der Waals surface area (Å²) in [5.41, 5.74) is 0. The number of ether oxygens (including phenoxy) is 1. The van der Waals surface area contributed by atoms with Crippen molar-refractivity contribution >= 4 is 0 Å². The molecule has 2 heteroatoms. The molecular weight excluding hydrogens is 140 g/mol. The van der Waals surface area contributed by atoms with Crippen LogP contribution in [0.5, 0.6) is 0 Å². The van der Waals surface area contributed by atoms with Crippen molar-refractivity contribution in [2.45, 2.75) is 32.8 Å². The molecule has 2 nitrogen and oxygen atoms in total. The van der Waals surface area contributed by atoms with Crippen LogP contribution in [-0.2, 0) is 4.74 Å². The Labute approximate surface area is 68.9 Å². The van der Waals surface area contributed by atoms with Gasteiger partial charge in [-0.1, -0.05) is 12.2 Å². The molecule has 1 atom stereocenters. The molecule has 0 aromatic heterocycles. The van der Waals surface area contributed by atoms with Crippen molar-refractivity contribution in [3.05, 3.63) is 12.2 Å². The zero-order valence-corrected chi connectivity index (χ0v) is 7.42. The van der Waals surface area contributed by atoms with Crippen LogP contribution in [-0.4, -0.2) is 24.4 Å². The van der Waals surface area contributed by atoms with E-state index < -0.39 is 0 Å². The number of hydrogen-bond acceptors (Lipinski definition) is 2. The minimum atomic E-state index is -0.300. The summed E-state index contributed by atoms with van der Waals surface area (Å²) in [5, 5.41) is 9.25. The maximum Gasteiger partial charge on any atom is 0.0776 e. The van der Waals surface area contributed by atoms with E-state index >= 15 is 0 Å². The maximum atomic E-state index is 9.25. The van der Waals surface area contributed by atoms with Gasteiger partial charge in [-0.25, -0.2) is 0 Å². The second-order valence-corrected chi connectivity index (χ2v) is 2.46. The molecule has 1 N–H and O–H groups in total. The summed E-state index contributed by atoms with van der Waals surface area (Å²) in [7, 11) is 0. The fourth-order valence-electron chi connectivity index (χ4n) is 0.793. The quantitative estimate of drug-likeness (QED) is 0.597. The van der Waals surface area contributed by atoms with Crippen molar-refractivity contribution in [3.8, 4) is 0 Å². The molecule has 0 aliphatic heterocycles. The van der Waals surface area contributed by atoms with E-state index in [9.17, 15) is 5.11 Å². The molecule has 0 aromatic rings. The zero-order chi connectivity index (χ0) is 8.53. The van der Waals surface area contributed by atoms with Gasteiger partial charge < -0.3 is 9.84 Å². The highest BCUT2D eigenvalue weighted by Crippen LogP contribution is 1.98. The van der Waals surface area contributed by atoms with E-state index in [1.807, 2.05) is 19.9 Å². The number of aliphatic hydroxyl groups excluding tert-OH is 1. The van der Waals surface area contributed by atoms with Crippen LogP contribution in [0.2, 0.25) is 0 Å². The van der Waals surface area contributed by atoms with Gasteiger partial charge in [0.05, 0.1) is 12.7 Å². The first kappa shape index (κ1) is 10.7. The van der Waals surface area contributed by atoms with Crippen molar-refractivity contribution < 1.29 is 9.84 Å². The smallest absolute Gasteiger partial charge is 0.0776 e. The van der Waals surface area contributed by atoms with E-state index in [1.54, 1.807) is 0 Å². The van der Waals surface area contributed by atoms with Crippen molar-refractivity contribution in [2.24, 2.45) is 0 Å². The Bertz CT molecular complexity index is 99.7. The summed E-state index contributed by atoms with van der Waals surface area (Å²) in [6.45, 7) is 5.06. The zero-order valence-electron chi connectivity index (χ0n) is 7.42. The number of allylic oxidation sites excluding steroid dienone is 2. The van der Waals surface area contributed by atoms with E-state index in [0.29, 0.717) is 13.2 Å². The van der Waals surface area contributed by atoms with Gasteiger partial charge in [-0.05, 0) is 26.7 Å². The molecule has 0 radical (unpaired) electrons. The number of hydrogen-bond donors (Lipinski definition) is 1. The molecule has 0 aromatic carbocycles. The second kappa shape index (κ2) is 7.76. The van der Waals surface area contributed by atoms with Crippen LogP contribution >= 0.6 is 0 Å². The van der Waals surface area contributed by atoms with Crippen molar-refractivity contribution in [1.29, 1.82) is 0 Å². The van der Waals surface area contributed by atoms with Gasteiger partial charge in [0.25, 0.3) is 0 Å². The highest BCUT2D eigenvalue weighted by atomic mass is 16.5. The second-order valence-electron chi connectivity index (χ2n) is 2.46. The summed E-state index contributed by atoms with van der Waals surface area (Å²) in [5.74, 6) is 0. The maximum absolute atomic E-state index is 9.25. The lowest BCUT2D eigenvalue weighted by Gasteiger charge is -2.07. The predicted molar refractivity (Wildman–Crippen MR) is 46.5 cm³/mol. The number of aliphatic hydroxyl groups is 1. The molecule has 0 amide bonds. The molecule has 0 heterocycles. The molecule has 0 aliphatic carbocycles. The van der Waals surface area contributed by atoms with Gasteiger partial charge in [0, 0.05) is 6.61 Å². The van der Waals surface area contributed by atoms with E-state index in [4.69, 9.17) is 4.74 Å². The molecule has 1 unspecified atom stereocenters. The van der Waals surface area contributed by atoms with Crippen LogP contribution in [0.4, 0.5) is 0 Å². The van der Waals surface area contributed by atoms with Gasteiger partial charge in [-0.2, -0.15) is 0 Å². The Morgan fingerprint density at radius 2 is 2.27 bits per heavy atom. The lowest BCUT2D eigenvalue weighted by atomic mass is 10.2. The van der Waals surface area contributed by atoms with Crippen LogP contribution in [0.25, 0.3) is 0 Å². The molecule has 0 saturated heterocycles. The molecule has 0 saturated carbocycles. The molecule has 11 heavy (non-hydrogen) atoms. The Morgan fingerprint density at radius 3 is 2.82 bits per heavy atom. The summed E-state index contributed by atoms with van der Waals surface area (Å²) in [4.78, 5) is 0. The summed E-state index contributed by atoms with van der Waals surface area (Å²) in [6.07, 6.45) is 5.48. The van der Waals surface area contributed by atoms with E-state index in [2.05, 4.69) is 6.08 Å². The molecule has 0 bridgehead atoms. The van der Waals surface area contributed by atoms with Crippen molar-refractivity contribution in [2.75, 3.05) is 13.2 Å². The van der Waals surface area contributed by atoms with Gasteiger partial charge >= 0.3 is 0 Å². The lowest BCUT2D eigenvalue weighted by Crippen LogP contribution is -2.14. The van der Waals surface area contributed by atoms with E-state index in [-0.39, 0.29) is 6.10 Å². The van der Waals surface area contributed by atoms with Crippen molar-refractivity contribution in [3.63, 3.8) is 0 Å². The third-order valence-electron chi connectivity index (χ3n) is 1.42. The fraction of sp³-hybridized carbons (Fsp3) is 0.778. The van der Waals surface area contributed by atoms with Crippen LogP contribution in [0.1, 0.15) is 26.7 Å². The van der Waals surface area contributed by atoms with Gasteiger partial charge in [0.2, 0.25) is 0 Å². The SMILES string of the molecule is C/C=C\CCC(O)COCC. The minimum absolute atomic E-state index is 0.300. The topological polar surface area (TPSA) is 29.5 Å². The van der Waals surface area contributed by atoms with Gasteiger partial charge in [0.15, 0.2) is 0 Å². The molecule has 0 aliphatic rings. The molecule has 0 rings (SSSR count). The summed E-state index contributed by atoms with van der Waals surface area (Å²) < 4.78 is 5.05. The minimum Gasteiger partial charge on any atom is -0.391 e. The first-order chi connectivity index (χ1) is 5.31. The third-order valence-corrected chi connectivity index (χ3v) is 1.42. The first-order valence-corrected chi connectivity index (χ1v) is 4.18. The Hall–Kier alpha value is -0.340. The third kappa shape index (κ3) is 7.56. The average Bonchev–Trinajstić information content (AvgIpc) is 2.01. The van der Waals surface area contributed by atoms with Crippen LogP contribution in [0, 0.1) is 0 Å². The molecular formula is C9H18O2. The predicted octanol–water partition coefficient (Wildman–Crippen LogP) is 1.74. The van der Waals surface area contributed by atoms with Crippen LogP contribution in [0.3, 0.4) is 0 Å². The summed E-state index contributed by atoms with van der Waals surface area (Å²) in [6, 6.07) is 0. The van der Waals surface area contributed by atoms with Crippen LogP contribution < -0.4 is 0 Å². The Morgan fingerprint density at radius 1 is 1.55 bits per heavy atom. The van der Waals surface area contributed by atoms with Gasteiger partial charge in [0.1, 0.15) is 0 Å². The monoisotopic (exact) mass is 158 g/mol. The van der Waals surface area contributed by atoms with Crippen molar-refractivity contribution in [1.82, 2.24) is 0 Å². The van der Waals surface area contributed by atoms with Gasteiger partial charge in [-0.15, -0.1) is 0 Å². The normalized spacial score (nSPS) is 14.1. The largest absolute Gasteiger partial charge is 0.391 e. The van der Waals surface area contributed by atoms with Gasteiger partial charge in [-0.3, -0.25) is 0 Å². The average molecular weight is 158 g/mol. The standard InChI is InChI=1S/C9H18O2/c1-3-5-6-7-9(10)8-11-4-2/h3,5,9-10H,4,6-8H2,1-2H3/b5-3-. The van der Waals surface area contributed by atoms with Crippen LogP contribution in [0.15, 0.2) is 12.2 Å². The number of rotatable bonds is 6. The molecule has 66 valence electrons. The fourth-order valence-corrected chi connectivity index (χ4v) is 0.793. The summed E-state index contributed by atoms with van der Waals surface area (Å²) >= 11 is 0. The first-order valence-electron chi connectivity index (χ1n) is 4.18. The molecule has 0 fully saturated rings. The highest BCUT2D eigenvalue weighted by molar-refractivity contribution is 4.77. The highest BCUT2D eigenvalue weighted by Gasteiger charge is 2.00.